The van der Waals surface area contributed by atoms with Gasteiger partial charge >= 0.3 is 103 Å². The van der Waals surface area contributed by atoms with Crippen molar-refractivity contribution in [1.82, 2.24) is 0 Å². The third-order valence-corrected chi connectivity index (χ3v) is 13.2. The molecule has 3 aliphatic heterocycles. The standard InChI is InChI=1S/C16H24O5S.C9H18O3.C9H17O2.C7H9ClO2S.C4H9O.2K.H2O/c1-5-16(10-19-15(3,4)20-11-16)12-21-22(17,18)14-8-6-13(2)7-9-14;1-4-9(5-10)6-11-8(2,3)12-7-9;1-5-9(4)6-10-8(2,3)11-7-9;1-6-2-4-7(5-3-6)11(8,9)10;1-4(2,3)5;;;/h6-9H,5,10-12H2,1-4H3;10H,4-7H2,1-3H3;4-7H2,1-3H3;2,4H,3,5H2,1H3;1-3H3;;;1H2/q;;-1;;-1;2*+1;/p-1. The first-order valence-electron chi connectivity index (χ1n) is 21.0. The maximum atomic E-state index is 12.3. The van der Waals surface area contributed by atoms with Crippen molar-refractivity contribution in [3.8, 4) is 0 Å². The van der Waals surface area contributed by atoms with Crippen LogP contribution in [0.3, 0.4) is 0 Å². The van der Waals surface area contributed by atoms with Crippen LogP contribution in [0.1, 0.15) is 128 Å². The predicted octanol–water partition coefficient (Wildman–Crippen LogP) is 2.19. The molecule has 0 radical (unpaired) electrons. The molecule has 0 aromatic heterocycles. The molecule has 19 heteroatoms. The van der Waals surface area contributed by atoms with Crippen molar-refractivity contribution < 1.29 is 168 Å². The molecule has 0 unspecified atom stereocenters. The number of aliphatic hydroxyl groups excluding tert-OH is 1. The second-order valence-electron chi connectivity index (χ2n) is 18.9. The number of benzene rings is 1. The van der Waals surface area contributed by atoms with Crippen molar-refractivity contribution in [3.63, 3.8) is 0 Å². The summed E-state index contributed by atoms with van der Waals surface area (Å²) in [6, 6.07) is 6.61. The fourth-order valence-electron chi connectivity index (χ4n) is 5.11. The normalized spacial score (nSPS) is 21.3. The minimum absolute atomic E-state index is 0. The third-order valence-electron chi connectivity index (χ3n) is 10.4. The SMILES string of the molecule is CC(C)(C)[O-].CC1=CC=C(S(=O)(=O)Cl)CC1.CCC1(CO)COC(C)(C)OC1.CCC1(COS(=O)(=O)c2ccc(C)cc2)COC(C)(C)OC1.[CH2-]C1(CC)COC(C)(C)OC1.[K+].[K+].[OH-]. The third kappa shape index (κ3) is 28.0. The van der Waals surface area contributed by atoms with Crippen molar-refractivity contribution in [3.05, 3.63) is 59.4 Å². The van der Waals surface area contributed by atoms with Crippen molar-refractivity contribution in [2.24, 2.45) is 16.2 Å². The predicted molar refractivity (Wildman–Crippen MR) is 240 cm³/mol. The molecule has 4 aliphatic rings. The topological polar surface area (TPSA) is 206 Å². The molecule has 0 atom stereocenters. The van der Waals surface area contributed by atoms with Crippen LogP contribution in [0.4, 0.5) is 0 Å². The molecule has 0 spiro atoms. The molecule has 5 rings (SSSR count). The summed E-state index contributed by atoms with van der Waals surface area (Å²) < 4.78 is 84.6. The molecule has 3 fully saturated rings. The van der Waals surface area contributed by atoms with E-state index in [1.807, 2.05) is 69.2 Å². The van der Waals surface area contributed by atoms with E-state index in [1.54, 1.807) is 57.2 Å². The zero-order valence-electron chi connectivity index (χ0n) is 41.9. The average molecular weight is 1020 g/mol. The summed E-state index contributed by atoms with van der Waals surface area (Å²) in [7, 11) is -2.09. The van der Waals surface area contributed by atoms with Crippen molar-refractivity contribution in [1.29, 1.82) is 0 Å². The molecular formula is C45H78ClK2O14S2-. The Morgan fingerprint density at radius 2 is 1.08 bits per heavy atom. The Kier molecular flexibility index (Phi) is 32.8. The molecule has 2 N–H and O–H groups in total. The van der Waals surface area contributed by atoms with Crippen LogP contribution in [0, 0.1) is 30.1 Å². The Hall–Kier alpha value is 1.76. The zero-order valence-corrected chi connectivity index (χ0v) is 50.5. The molecule has 0 saturated carbocycles. The summed E-state index contributed by atoms with van der Waals surface area (Å²) in [5, 5.41) is 19.3. The van der Waals surface area contributed by atoms with Gasteiger partial charge in [-0.25, -0.2) is 8.42 Å². The van der Waals surface area contributed by atoms with E-state index in [2.05, 4.69) is 13.8 Å². The van der Waals surface area contributed by atoms with Gasteiger partial charge in [0.2, 0.25) is 0 Å². The summed E-state index contributed by atoms with van der Waals surface area (Å²) in [4.78, 5) is 0.493. The van der Waals surface area contributed by atoms with Gasteiger partial charge in [-0.15, -0.1) is 11.0 Å². The van der Waals surface area contributed by atoms with Gasteiger partial charge in [-0.05, 0) is 99.3 Å². The van der Waals surface area contributed by atoms with Gasteiger partial charge in [-0.3, -0.25) is 4.18 Å². The Morgan fingerprint density at radius 3 is 1.39 bits per heavy atom. The first-order valence-corrected chi connectivity index (χ1v) is 24.7. The summed E-state index contributed by atoms with van der Waals surface area (Å²) in [5.41, 5.74) is 0.813. The number of rotatable bonds is 9. The van der Waals surface area contributed by atoms with Crippen LogP contribution in [0.15, 0.2) is 51.8 Å². The molecule has 3 saturated heterocycles. The van der Waals surface area contributed by atoms with Gasteiger partial charge in [0.25, 0.3) is 19.2 Å². The summed E-state index contributed by atoms with van der Waals surface area (Å²) in [5.74, 6) is -1.52. The monoisotopic (exact) mass is 1020 g/mol. The summed E-state index contributed by atoms with van der Waals surface area (Å²) in [6.07, 6.45) is 7.29. The quantitative estimate of drug-likeness (QED) is 0.163. The fraction of sp³-hybridized carbons (Fsp3) is 0.756. The largest absolute Gasteiger partial charge is 1.00 e. The van der Waals surface area contributed by atoms with E-state index in [9.17, 15) is 21.9 Å². The molecule has 1 aromatic rings. The molecule has 0 amide bonds. The van der Waals surface area contributed by atoms with Crippen LogP contribution in [0.25, 0.3) is 0 Å². The fourth-order valence-corrected chi connectivity index (χ4v) is 7.09. The van der Waals surface area contributed by atoms with Crippen molar-refractivity contribution in [2.75, 3.05) is 52.9 Å². The van der Waals surface area contributed by atoms with Gasteiger partial charge in [0.1, 0.15) is 0 Å². The van der Waals surface area contributed by atoms with E-state index >= 15 is 0 Å². The van der Waals surface area contributed by atoms with E-state index in [-0.39, 0.29) is 137 Å². The van der Waals surface area contributed by atoms with Gasteiger partial charge in [0.15, 0.2) is 17.4 Å². The van der Waals surface area contributed by atoms with Gasteiger partial charge in [-0.2, -0.15) is 8.42 Å². The number of hydrogen-bond acceptors (Lipinski definition) is 14. The van der Waals surface area contributed by atoms with E-state index in [0.717, 1.165) is 24.8 Å². The van der Waals surface area contributed by atoms with E-state index in [1.165, 1.54) is 5.57 Å². The molecule has 0 bridgehead atoms. The second-order valence-corrected chi connectivity index (χ2v) is 23.1. The van der Waals surface area contributed by atoms with Gasteiger partial charge in [0.05, 0.1) is 49.4 Å². The summed E-state index contributed by atoms with van der Waals surface area (Å²) >= 11 is 0. The minimum atomic E-state index is -3.76. The smallest absolute Gasteiger partial charge is 0.870 e. The second kappa shape index (κ2) is 30.0. The molecule has 364 valence electrons. The maximum Gasteiger partial charge on any atom is 1.00 e. The molecule has 14 nitrogen and oxygen atoms in total. The Balaban J connectivity index is -0.000000769. The number of ether oxygens (including phenoxy) is 6. The first kappa shape index (κ1) is 70.0. The van der Waals surface area contributed by atoms with E-state index < -0.39 is 47.5 Å². The van der Waals surface area contributed by atoms with E-state index in [0.29, 0.717) is 57.4 Å². The van der Waals surface area contributed by atoms with Crippen LogP contribution in [0.5, 0.6) is 0 Å². The van der Waals surface area contributed by atoms with Crippen LogP contribution in [-0.4, -0.2) is 103 Å². The van der Waals surface area contributed by atoms with Gasteiger partial charge in [-0.1, -0.05) is 77.3 Å². The molecule has 1 aromatic carbocycles. The van der Waals surface area contributed by atoms with Crippen molar-refractivity contribution in [2.45, 2.75) is 157 Å². The Bertz CT molecular complexity index is 1730. The van der Waals surface area contributed by atoms with Gasteiger partial charge < -0.3 is 51.0 Å². The van der Waals surface area contributed by atoms with E-state index in [4.69, 9.17) is 48.4 Å². The number of aryl methyl sites for hydroxylation is 1. The van der Waals surface area contributed by atoms with Crippen molar-refractivity contribution >= 4 is 29.9 Å². The van der Waals surface area contributed by atoms with Gasteiger partial charge in [0, 0.05) is 34.7 Å². The Labute approximate surface area is 476 Å². The minimum Gasteiger partial charge on any atom is -0.870 e. The zero-order chi connectivity index (χ0) is 47.2. The maximum absolute atomic E-state index is 12.3. The average Bonchev–Trinajstić information content (AvgIpc) is 3.17. The number of aliphatic hydroxyl groups is 1. The number of allylic oxidation sites excluding steroid dienone is 4. The molecule has 64 heavy (non-hydrogen) atoms. The molecular weight excluding hydrogens is 942 g/mol. The molecule has 1 aliphatic carbocycles. The van der Waals surface area contributed by atoms with Crippen LogP contribution < -0.4 is 108 Å². The summed E-state index contributed by atoms with van der Waals surface area (Å²) in [6.45, 7) is 33.9. The molecule has 3 heterocycles. The first-order chi connectivity index (χ1) is 27.7. The van der Waals surface area contributed by atoms with Crippen LogP contribution >= 0.6 is 10.7 Å². The van der Waals surface area contributed by atoms with Crippen LogP contribution in [0.2, 0.25) is 0 Å². The number of hydrogen-bond donors (Lipinski definition) is 1. The number of halogens is 1. The van der Waals surface area contributed by atoms with Crippen LogP contribution in [-0.2, 0) is 51.8 Å². The Morgan fingerprint density at radius 1 is 0.703 bits per heavy atom.